The van der Waals surface area contributed by atoms with Crippen LogP contribution < -0.4 is 5.32 Å². The van der Waals surface area contributed by atoms with Gasteiger partial charge in [0.1, 0.15) is 6.61 Å². The van der Waals surface area contributed by atoms with Gasteiger partial charge in [-0.1, -0.05) is 6.92 Å². The van der Waals surface area contributed by atoms with Crippen molar-refractivity contribution in [1.82, 2.24) is 10.2 Å². The summed E-state index contributed by atoms with van der Waals surface area (Å²) in [5, 5.41) is 3.36. The summed E-state index contributed by atoms with van der Waals surface area (Å²) in [7, 11) is 0. The van der Waals surface area contributed by atoms with Gasteiger partial charge in [0.25, 0.3) is 6.43 Å². The van der Waals surface area contributed by atoms with Crippen molar-refractivity contribution >= 4 is 0 Å². The van der Waals surface area contributed by atoms with Crippen molar-refractivity contribution in [2.75, 3.05) is 39.4 Å². The van der Waals surface area contributed by atoms with Crippen LogP contribution in [-0.2, 0) is 4.74 Å². The maximum absolute atomic E-state index is 11.8. The lowest BCUT2D eigenvalue weighted by atomic mass is 10.1. The standard InChI is InChI=1S/C12H24F2N2O/c1-2-6-16-7-3-11(4-8-16)15-5-9-17-10-12(13)14/h11-12,15H,2-10H2,1H3. The zero-order chi connectivity index (χ0) is 12.5. The Labute approximate surface area is 103 Å². The van der Waals surface area contributed by atoms with Crippen molar-refractivity contribution in [2.24, 2.45) is 0 Å². The van der Waals surface area contributed by atoms with Gasteiger partial charge in [-0.3, -0.25) is 0 Å². The lowest BCUT2D eigenvalue weighted by molar-refractivity contribution is 0.0177. The first-order valence-corrected chi connectivity index (χ1v) is 6.54. The summed E-state index contributed by atoms with van der Waals surface area (Å²) >= 11 is 0. The van der Waals surface area contributed by atoms with Gasteiger partial charge >= 0.3 is 0 Å². The molecule has 0 aromatic heterocycles. The number of halogens is 2. The number of ether oxygens (including phenoxy) is 1. The number of likely N-dealkylation sites (tertiary alicyclic amines) is 1. The van der Waals surface area contributed by atoms with E-state index in [2.05, 4.69) is 17.1 Å². The molecule has 0 saturated carbocycles. The van der Waals surface area contributed by atoms with E-state index >= 15 is 0 Å². The summed E-state index contributed by atoms with van der Waals surface area (Å²) in [5.41, 5.74) is 0. The van der Waals surface area contributed by atoms with E-state index in [-0.39, 0.29) is 0 Å². The predicted molar refractivity (Wildman–Crippen MR) is 64.6 cm³/mol. The van der Waals surface area contributed by atoms with Crippen molar-refractivity contribution in [1.29, 1.82) is 0 Å². The lowest BCUT2D eigenvalue weighted by Gasteiger charge is -2.32. The zero-order valence-corrected chi connectivity index (χ0v) is 10.6. The molecule has 0 unspecified atom stereocenters. The van der Waals surface area contributed by atoms with Crippen molar-refractivity contribution in [2.45, 2.75) is 38.7 Å². The first-order valence-electron chi connectivity index (χ1n) is 6.54. The highest BCUT2D eigenvalue weighted by Gasteiger charge is 2.17. The molecule has 1 heterocycles. The van der Waals surface area contributed by atoms with Gasteiger partial charge in [-0.25, -0.2) is 8.78 Å². The molecule has 0 aromatic carbocycles. The summed E-state index contributed by atoms with van der Waals surface area (Å²) < 4.78 is 28.4. The third-order valence-electron chi connectivity index (χ3n) is 3.05. The summed E-state index contributed by atoms with van der Waals surface area (Å²) in [4.78, 5) is 2.48. The SMILES string of the molecule is CCCN1CCC(NCCOCC(F)F)CC1. The van der Waals surface area contributed by atoms with Crippen LogP contribution in [0.3, 0.4) is 0 Å². The van der Waals surface area contributed by atoms with Crippen molar-refractivity contribution in [3.05, 3.63) is 0 Å². The van der Waals surface area contributed by atoms with Gasteiger partial charge in [0, 0.05) is 12.6 Å². The monoisotopic (exact) mass is 250 g/mol. The fourth-order valence-corrected chi connectivity index (χ4v) is 2.18. The molecule has 0 radical (unpaired) electrons. The molecule has 17 heavy (non-hydrogen) atoms. The molecular weight excluding hydrogens is 226 g/mol. The third kappa shape index (κ3) is 6.91. The number of nitrogens with zero attached hydrogens (tertiary/aromatic N) is 1. The number of hydrogen-bond acceptors (Lipinski definition) is 3. The summed E-state index contributed by atoms with van der Waals surface area (Å²) in [6, 6.07) is 0.526. The number of alkyl halides is 2. The van der Waals surface area contributed by atoms with E-state index < -0.39 is 13.0 Å². The number of piperidine rings is 1. The minimum atomic E-state index is -2.35. The Bertz CT molecular complexity index is 185. The van der Waals surface area contributed by atoms with Crippen LogP contribution in [0.1, 0.15) is 26.2 Å². The fraction of sp³-hybridized carbons (Fsp3) is 1.00. The largest absolute Gasteiger partial charge is 0.374 e. The first kappa shape index (κ1) is 14.8. The molecule has 1 N–H and O–H groups in total. The molecule has 0 aliphatic carbocycles. The second kappa shape index (κ2) is 8.78. The van der Waals surface area contributed by atoms with Gasteiger partial charge in [-0.05, 0) is 38.9 Å². The van der Waals surface area contributed by atoms with Crippen LogP contribution in [0.4, 0.5) is 8.78 Å². The van der Waals surface area contributed by atoms with Crippen LogP contribution in [0.15, 0.2) is 0 Å². The average molecular weight is 250 g/mol. The van der Waals surface area contributed by atoms with Crippen LogP contribution >= 0.6 is 0 Å². The third-order valence-corrected chi connectivity index (χ3v) is 3.05. The highest BCUT2D eigenvalue weighted by molar-refractivity contribution is 4.76. The summed E-state index contributed by atoms with van der Waals surface area (Å²) in [5.74, 6) is 0. The van der Waals surface area contributed by atoms with E-state index in [4.69, 9.17) is 4.74 Å². The molecule has 5 heteroatoms. The predicted octanol–water partition coefficient (Wildman–Crippen LogP) is 1.73. The van der Waals surface area contributed by atoms with Gasteiger partial charge in [0.2, 0.25) is 0 Å². The maximum Gasteiger partial charge on any atom is 0.261 e. The van der Waals surface area contributed by atoms with E-state index in [1.807, 2.05) is 0 Å². The average Bonchev–Trinajstić information content (AvgIpc) is 2.31. The Morgan fingerprint density at radius 3 is 2.65 bits per heavy atom. The van der Waals surface area contributed by atoms with Crippen LogP contribution in [0, 0.1) is 0 Å². The van der Waals surface area contributed by atoms with E-state index in [1.165, 1.54) is 13.0 Å². The zero-order valence-electron chi connectivity index (χ0n) is 10.6. The Morgan fingerprint density at radius 1 is 1.35 bits per heavy atom. The molecule has 1 aliphatic rings. The molecule has 0 amide bonds. The van der Waals surface area contributed by atoms with Crippen LogP contribution in [0.5, 0.6) is 0 Å². The van der Waals surface area contributed by atoms with Crippen molar-refractivity contribution in [3.63, 3.8) is 0 Å². The summed E-state index contributed by atoms with van der Waals surface area (Å²) in [6.45, 7) is 6.27. The van der Waals surface area contributed by atoms with Crippen LogP contribution in [0.25, 0.3) is 0 Å². The van der Waals surface area contributed by atoms with E-state index in [9.17, 15) is 8.78 Å². The Balaban J connectivity index is 1.95. The number of rotatable bonds is 8. The van der Waals surface area contributed by atoms with Crippen LogP contribution in [-0.4, -0.2) is 56.8 Å². The molecule has 3 nitrogen and oxygen atoms in total. The van der Waals surface area contributed by atoms with Gasteiger partial charge in [0.05, 0.1) is 6.61 Å². The molecule has 102 valence electrons. The maximum atomic E-state index is 11.8. The molecular formula is C12H24F2N2O. The first-order chi connectivity index (χ1) is 8.22. The molecule has 0 atom stereocenters. The van der Waals surface area contributed by atoms with Crippen molar-refractivity contribution in [3.8, 4) is 0 Å². The smallest absolute Gasteiger partial charge is 0.261 e. The van der Waals surface area contributed by atoms with Crippen molar-refractivity contribution < 1.29 is 13.5 Å². The highest BCUT2D eigenvalue weighted by Crippen LogP contribution is 2.10. The van der Waals surface area contributed by atoms with Gasteiger partial charge in [-0.2, -0.15) is 0 Å². The fourth-order valence-electron chi connectivity index (χ4n) is 2.18. The Morgan fingerprint density at radius 2 is 2.06 bits per heavy atom. The lowest BCUT2D eigenvalue weighted by Crippen LogP contribution is -2.43. The van der Waals surface area contributed by atoms with Gasteiger partial charge in [0.15, 0.2) is 0 Å². The minimum Gasteiger partial charge on any atom is -0.374 e. The van der Waals surface area contributed by atoms with E-state index in [1.54, 1.807) is 0 Å². The topological polar surface area (TPSA) is 24.5 Å². The van der Waals surface area contributed by atoms with Gasteiger partial charge < -0.3 is 15.0 Å². The second-order valence-corrected chi connectivity index (χ2v) is 4.54. The molecule has 1 rings (SSSR count). The molecule has 0 spiro atoms. The highest BCUT2D eigenvalue weighted by atomic mass is 19.3. The Kier molecular flexibility index (Phi) is 7.64. The molecule has 1 fully saturated rings. The minimum absolute atomic E-state index is 0.375. The molecule has 0 bridgehead atoms. The van der Waals surface area contributed by atoms with Gasteiger partial charge in [-0.15, -0.1) is 0 Å². The second-order valence-electron chi connectivity index (χ2n) is 4.54. The molecule has 0 aromatic rings. The van der Waals surface area contributed by atoms with E-state index in [0.717, 1.165) is 25.9 Å². The van der Waals surface area contributed by atoms with E-state index in [0.29, 0.717) is 19.2 Å². The quantitative estimate of drug-likeness (QED) is 0.664. The molecule has 1 saturated heterocycles. The normalized spacial score (nSPS) is 19.1. The van der Waals surface area contributed by atoms with Crippen LogP contribution in [0.2, 0.25) is 0 Å². The Hall–Kier alpha value is -0.260. The molecule has 1 aliphatic heterocycles. The number of hydrogen-bond donors (Lipinski definition) is 1. The number of nitrogens with one attached hydrogen (secondary N) is 1. The summed E-state index contributed by atoms with van der Waals surface area (Å²) in [6.07, 6.45) is 1.15.